The molecule has 0 unspecified atom stereocenters. The first-order valence-corrected chi connectivity index (χ1v) is 13.9. The summed E-state index contributed by atoms with van der Waals surface area (Å²) in [4.78, 5) is 31.6. The normalized spacial score (nSPS) is 19.6. The Hall–Kier alpha value is -2.87. The van der Waals surface area contributed by atoms with Crippen molar-refractivity contribution in [3.63, 3.8) is 0 Å². The van der Waals surface area contributed by atoms with Crippen molar-refractivity contribution in [1.29, 1.82) is 0 Å². The molecule has 1 aliphatic heterocycles. The molecular formula is C29H33Cl2N5O2. The average molecular weight is 555 g/mol. The molecule has 9 heteroatoms. The van der Waals surface area contributed by atoms with Crippen molar-refractivity contribution in [3.05, 3.63) is 63.7 Å². The van der Waals surface area contributed by atoms with Crippen molar-refractivity contribution in [1.82, 2.24) is 14.5 Å². The quantitative estimate of drug-likeness (QED) is 0.348. The predicted molar refractivity (Wildman–Crippen MR) is 153 cm³/mol. The van der Waals surface area contributed by atoms with Gasteiger partial charge in [-0.2, -0.15) is 0 Å². The molecule has 2 aliphatic rings. The van der Waals surface area contributed by atoms with Crippen LogP contribution in [-0.2, 0) is 24.8 Å². The number of carbonyl (C=O) groups excluding carboxylic acids is 2. The predicted octanol–water partition coefficient (Wildman–Crippen LogP) is 6.05. The molecule has 200 valence electrons. The van der Waals surface area contributed by atoms with Gasteiger partial charge in [-0.05, 0) is 43.7 Å². The van der Waals surface area contributed by atoms with Crippen LogP contribution in [0.3, 0.4) is 0 Å². The molecule has 0 atom stereocenters. The van der Waals surface area contributed by atoms with Gasteiger partial charge < -0.3 is 20.0 Å². The summed E-state index contributed by atoms with van der Waals surface area (Å²) in [5, 5.41) is 7.04. The second kappa shape index (κ2) is 11.5. The third kappa shape index (κ3) is 5.33. The Balaban J connectivity index is 1.30. The SMILES string of the molecule is CNc1cccc(-c2cccc(NC(=O)c3nc4c(n3C)CCN(CC3CCC(C=O)CC3)C4)c2Cl)c1Cl. The number of aromatic nitrogens is 2. The smallest absolute Gasteiger partial charge is 0.291 e. The van der Waals surface area contributed by atoms with Crippen LogP contribution in [0.25, 0.3) is 11.1 Å². The summed E-state index contributed by atoms with van der Waals surface area (Å²) in [7, 11) is 3.72. The molecule has 1 aromatic heterocycles. The van der Waals surface area contributed by atoms with E-state index in [0.29, 0.717) is 27.5 Å². The Morgan fingerprint density at radius 1 is 1.05 bits per heavy atom. The summed E-state index contributed by atoms with van der Waals surface area (Å²) >= 11 is 13.4. The van der Waals surface area contributed by atoms with Crippen molar-refractivity contribution < 1.29 is 9.59 Å². The van der Waals surface area contributed by atoms with Crippen LogP contribution >= 0.6 is 23.2 Å². The number of hydrogen-bond donors (Lipinski definition) is 2. The summed E-state index contributed by atoms with van der Waals surface area (Å²) in [6, 6.07) is 11.2. The third-order valence-corrected chi connectivity index (χ3v) is 8.76. The van der Waals surface area contributed by atoms with Gasteiger partial charge in [-0.3, -0.25) is 9.69 Å². The highest BCUT2D eigenvalue weighted by molar-refractivity contribution is 6.39. The number of rotatable bonds is 7. The van der Waals surface area contributed by atoms with Gasteiger partial charge in [0.25, 0.3) is 5.91 Å². The Labute approximate surface area is 233 Å². The molecule has 0 spiro atoms. The molecule has 38 heavy (non-hydrogen) atoms. The van der Waals surface area contributed by atoms with Crippen LogP contribution < -0.4 is 10.6 Å². The van der Waals surface area contributed by atoms with Gasteiger partial charge in [0.1, 0.15) is 6.29 Å². The molecule has 0 saturated heterocycles. The molecule has 1 saturated carbocycles. The van der Waals surface area contributed by atoms with Gasteiger partial charge in [0.2, 0.25) is 0 Å². The van der Waals surface area contributed by atoms with E-state index in [1.54, 1.807) is 6.07 Å². The molecular weight excluding hydrogens is 521 g/mol. The minimum Gasteiger partial charge on any atom is -0.387 e. The molecule has 2 heterocycles. The van der Waals surface area contributed by atoms with E-state index in [0.717, 1.165) is 86.2 Å². The van der Waals surface area contributed by atoms with Crippen LogP contribution in [0.5, 0.6) is 0 Å². The first-order chi connectivity index (χ1) is 18.4. The highest BCUT2D eigenvalue weighted by Gasteiger charge is 2.28. The van der Waals surface area contributed by atoms with Gasteiger partial charge in [0.15, 0.2) is 5.82 Å². The van der Waals surface area contributed by atoms with Crippen molar-refractivity contribution in [2.75, 3.05) is 30.8 Å². The molecule has 1 aliphatic carbocycles. The first-order valence-electron chi connectivity index (χ1n) is 13.2. The summed E-state index contributed by atoms with van der Waals surface area (Å²) < 4.78 is 1.91. The Kier molecular flexibility index (Phi) is 8.07. The molecule has 0 bridgehead atoms. The highest BCUT2D eigenvalue weighted by Crippen LogP contribution is 2.40. The Morgan fingerprint density at radius 2 is 1.71 bits per heavy atom. The standard InChI is InChI=1S/C29H33Cl2N5O2/c1-32-22-7-3-5-20(26(22)30)21-6-4-8-23(27(21)31)34-29(38)28-33-24-16-36(14-13-25(24)35(28)2)15-18-9-11-19(17-37)12-10-18/h3-8,17-19,32H,9-16H2,1-2H3,(H,34,38). The van der Waals surface area contributed by atoms with Crippen molar-refractivity contribution in [2.24, 2.45) is 18.9 Å². The van der Waals surface area contributed by atoms with Crippen LogP contribution in [0.1, 0.15) is 47.7 Å². The highest BCUT2D eigenvalue weighted by atomic mass is 35.5. The number of carbonyl (C=O) groups is 2. The summed E-state index contributed by atoms with van der Waals surface area (Å²) in [6.45, 7) is 2.70. The lowest BCUT2D eigenvalue weighted by Gasteiger charge is -2.33. The van der Waals surface area contributed by atoms with Gasteiger partial charge in [-0.15, -0.1) is 0 Å². The largest absolute Gasteiger partial charge is 0.387 e. The summed E-state index contributed by atoms with van der Waals surface area (Å²) in [6.07, 6.45) is 6.17. The number of nitrogens with zero attached hydrogens (tertiary/aromatic N) is 3. The minimum atomic E-state index is -0.297. The van der Waals surface area contributed by atoms with E-state index in [-0.39, 0.29) is 11.8 Å². The number of hydrogen-bond acceptors (Lipinski definition) is 5. The van der Waals surface area contributed by atoms with Crippen LogP contribution in [0, 0.1) is 11.8 Å². The Bertz CT molecular complexity index is 1350. The number of fused-ring (bicyclic) bond motifs is 1. The lowest BCUT2D eigenvalue weighted by Crippen LogP contribution is -2.36. The number of benzene rings is 2. The summed E-state index contributed by atoms with van der Waals surface area (Å²) in [5.74, 6) is 0.937. The van der Waals surface area contributed by atoms with E-state index in [1.165, 1.54) is 0 Å². The zero-order chi connectivity index (χ0) is 26.8. The fourth-order valence-electron chi connectivity index (χ4n) is 5.76. The minimum absolute atomic E-state index is 0.237. The molecule has 0 radical (unpaired) electrons. The van der Waals surface area contributed by atoms with Crippen molar-refractivity contribution in [2.45, 2.75) is 38.6 Å². The number of anilines is 2. The van der Waals surface area contributed by atoms with Crippen LogP contribution in [0.15, 0.2) is 36.4 Å². The van der Waals surface area contributed by atoms with Gasteiger partial charge in [0.05, 0.1) is 27.1 Å². The molecule has 2 N–H and O–H groups in total. The van der Waals surface area contributed by atoms with Crippen LogP contribution in [-0.4, -0.2) is 46.8 Å². The van der Waals surface area contributed by atoms with Gasteiger partial charge >= 0.3 is 0 Å². The number of amides is 1. The maximum Gasteiger partial charge on any atom is 0.291 e. The zero-order valence-electron chi connectivity index (χ0n) is 21.8. The van der Waals surface area contributed by atoms with E-state index in [4.69, 9.17) is 28.2 Å². The van der Waals surface area contributed by atoms with E-state index < -0.39 is 0 Å². The zero-order valence-corrected chi connectivity index (χ0v) is 23.3. The fraction of sp³-hybridized carbons (Fsp3) is 0.414. The second-order valence-corrected chi connectivity index (χ2v) is 11.1. The maximum absolute atomic E-state index is 13.3. The fourth-order valence-corrected chi connectivity index (χ4v) is 6.36. The summed E-state index contributed by atoms with van der Waals surface area (Å²) in [5.41, 5.74) is 4.90. The topological polar surface area (TPSA) is 79.3 Å². The van der Waals surface area contributed by atoms with E-state index in [2.05, 4.69) is 15.5 Å². The monoisotopic (exact) mass is 553 g/mol. The number of halogens is 2. The molecule has 1 amide bonds. The number of imidazole rings is 1. The maximum atomic E-state index is 13.3. The van der Waals surface area contributed by atoms with Crippen LogP contribution in [0.4, 0.5) is 11.4 Å². The first kappa shape index (κ1) is 26.7. The molecule has 1 fully saturated rings. The van der Waals surface area contributed by atoms with Gasteiger partial charge in [0, 0.05) is 62.9 Å². The Morgan fingerprint density at radius 3 is 2.37 bits per heavy atom. The molecule has 2 aromatic carbocycles. The molecule has 5 rings (SSSR count). The third-order valence-electron chi connectivity index (χ3n) is 7.94. The van der Waals surface area contributed by atoms with Gasteiger partial charge in [-0.1, -0.05) is 47.5 Å². The average Bonchev–Trinajstić information content (AvgIpc) is 3.26. The molecule has 7 nitrogen and oxygen atoms in total. The van der Waals surface area contributed by atoms with E-state index >= 15 is 0 Å². The molecule has 3 aromatic rings. The lowest BCUT2D eigenvalue weighted by atomic mass is 9.82. The number of aldehydes is 1. The van der Waals surface area contributed by atoms with Crippen LogP contribution in [0.2, 0.25) is 10.0 Å². The van der Waals surface area contributed by atoms with Crippen molar-refractivity contribution in [3.8, 4) is 11.1 Å². The van der Waals surface area contributed by atoms with Crippen molar-refractivity contribution >= 4 is 46.8 Å². The lowest BCUT2D eigenvalue weighted by molar-refractivity contribution is -0.112. The van der Waals surface area contributed by atoms with Gasteiger partial charge in [-0.25, -0.2) is 4.98 Å². The number of nitrogens with one attached hydrogen (secondary N) is 2. The second-order valence-electron chi connectivity index (χ2n) is 10.3. The van der Waals surface area contributed by atoms with E-state index in [1.807, 2.05) is 49.0 Å². The van der Waals surface area contributed by atoms with E-state index in [9.17, 15) is 9.59 Å².